The number of nitrogens with two attached hydrogens (primary N) is 2. The van der Waals surface area contributed by atoms with Crippen molar-refractivity contribution in [1.29, 1.82) is 0 Å². The first-order valence-corrected chi connectivity index (χ1v) is 16.6. The molecule has 8 bridgehead atoms. The molecular weight excluding hydrogens is 613 g/mol. The molecular formula is C44H32N6. The van der Waals surface area contributed by atoms with Crippen molar-refractivity contribution in [2.75, 3.05) is 11.5 Å². The van der Waals surface area contributed by atoms with E-state index in [-0.39, 0.29) is 0 Å². The summed E-state index contributed by atoms with van der Waals surface area (Å²) in [4.78, 5) is 18.2. The highest BCUT2D eigenvalue weighted by molar-refractivity contribution is 5.99. The van der Waals surface area contributed by atoms with Gasteiger partial charge in [-0.1, -0.05) is 84.9 Å². The van der Waals surface area contributed by atoms with E-state index in [9.17, 15) is 0 Å². The maximum Gasteiger partial charge on any atom is 0.0737 e. The lowest BCUT2D eigenvalue weighted by Crippen LogP contribution is -1.90. The van der Waals surface area contributed by atoms with Crippen LogP contribution in [0.2, 0.25) is 0 Å². The molecule has 0 unspecified atom stereocenters. The number of nitrogens with one attached hydrogen (secondary N) is 2. The Bertz CT molecular complexity index is 2450. The number of aromatic nitrogens is 4. The molecule has 3 aromatic heterocycles. The smallest absolute Gasteiger partial charge is 0.0737 e. The third-order valence-electron chi connectivity index (χ3n) is 9.28. The van der Waals surface area contributed by atoms with Gasteiger partial charge in [-0.2, -0.15) is 0 Å². The highest BCUT2D eigenvalue weighted by atomic mass is 14.8. The number of fused-ring (bicyclic) bond motifs is 8. The fraction of sp³-hybridized carbons (Fsp3) is 0. The number of benzene rings is 4. The van der Waals surface area contributed by atoms with Gasteiger partial charge in [0.1, 0.15) is 0 Å². The maximum absolute atomic E-state index is 6.14. The lowest BCUT2D eigenvalue weighted by Gasteiger charge is -2.07. The SMILES string of the molecule is Nc1ccc(-c2c3nc(c(-c4ccccc4)c4ccc([nH]4)c(-c4ccccc4)c4nc(c(-c5ccc(N)cc5)c5ccc2[nH]5)C=C4)C=C3)cc1. The molecule has 7 aromatic rings. The second-order valence-electron chi connectivity index (χ2n) is 12.5. The van der Waals surface area contributed by atoms with Crippen LogP contribution in [0.5, 0.6) is 0 Å². The molecule has 4 aromatic carbocycles. The molecule has 0 spiro atoms. The first-order valence-electron chi connectivity index (χ1n) is 16.6. The van der Waals surface area contributed by atoms with Crippen molar-refractivity contribution in [2.45, 2.75) is 0 Å². The number of hydrogen-bond acceptors (Lipinski definition) is 4. The molecule has 50 heavy (non-hydrogen) atoms. The molecule has 6 nitrogen and oxygen atoms in total. The van der Waals surface area contributed by atoms with Gasteiger partial charge in [0, 0.05) is 55.7 Å². The van der Waals surface area contributed by atoms with E-state index in [1.54, 1.807) is 0 Å². The second-order valence-corrected chi connectivity index (χ2v) is 12.5. The highest BCUT2D eigenvalue weighted by Crippen LogP contribution is 2.38. The number of rotatable bonds is 4. The zero-order valence-electron chi connectivity index (χ0n) is 27.1. The largest absolute Gasteiger partial charge is 0.399 e. The molecule has 2 aliphatic heterocycles. The zero-order valence-corrected chi connectivity index (χ0v) is 27.1. The molecule has 9 rings (SSSR count). The number of hydrogen-bond donors (Lipinski definition) is 4. The molecule has 2 aliphatic rings. The number of aromatic amines is 2. The van der Waals surface area contributed by atoms with Gasteiger partial charge in [0.05, 0.1) is 22.8 Å². The summed E-state index contributed by atoms with van der Waals surface area (Å²) >= 11 is 0. The minimum absolute atomic E-state index is 0.705. The molecule has 6 heteroatoms. The van der Waals surface area contributed by atoms with E-state index in [4.69, 9.17) is 21.4 Å². The second kappa shape index (κ2) is 12.0. The highest BCUT2D eigenvalue weighted by Gasteiger charge is 2.18. The molecule has 0 saturated carbocycles. The molecule has 0 atom stereocenters. The Balaban J connectivity index is 1.48. The standard InChI is InChI=1S/C44H32N6/c45-31-15-11-29(12-16-31)43-37-23-21-35(48-37)41(27-7-3-1-4-8-27)33-19-20-34(47-33)42(28-9-5-2-6-10-28)36-22-24-38(49-36)44(40-26-25-39(43)50-40)30-13-17-32(46)18-14-30/h1-26,47,50H,45-46H2. The van der Waals surface area contributed by atoms with Gasteiger partial charge in [0.15, 0.2) is 0 Å². The molecule has 0 fully saturated rings. The summed E-state index contributed by atoms with van der Waals surface area (Å²) < 4.78 is 0. The van der Waals surface area contributed by atoms with Gasteiger partial charge in [0.2, 0.25) is 0 Å². The Morgan fingerprint density at radius 2 is 0.600 bits per heavy atom. The predicted octanol–water partition coefficient (Wildman–Crippen LogP) is 10.5. The first kappa shape index (κ1) is 29.2. The van der Waals surface area contributed by atoms with Crippen LogP contribution in [-0.4, -0.2) is 19.9 Å². The minimum Gasteiger partial charge on any atom is -0.399 e. The third kappa shape index (κ3) is 5.16. The Hall–Kier alpha value is -6.92. The minimum atomic E-state index is 0.705. The normalized spacial score (nSPS) is 12.0. The Labute approximate surface area is 289 Å². The summed E-state index contributed by atoms with van der Waals surface area (Å²) in [5.41, 5.74) is 29.1. The van der Waals surface area contributed by atoms with Crippen LogP contribution < -0.4 is 11.5 Å². The zero-order chi connectivity index (χ0) is 33.6. The van der Waals surface area contributed by atoms with Crippen LogP contribution in [0.25, 0.3) is 90.9 Å². The summed E-state index contributed by atoms with van der Waals surface area (Å²) in [6.45, 7) is 0. The van der Waals surface area contributed by atoms with E-state index in [1.807, 2.05) is 60.7 Å². The van der Waals surface area contributed by atoms with Gasteiger partial charge in [-0.25, -0.2) is 9.97 Å². The van der Waals surface area contributed by atoms with Crippen LogP contribution >= 0.6 is 0 Å². The molecule has 0 saturated heterocycles. The molecule has 6 N–H and O–H groups in total. The van der Waals surface area contributed by atoms with Crippen molar-refractivity contribution in [2.24, 2.45) is 0 Å². The van der Waals surface area contributed by atoms with Gasteiger partial charge >= 0.3 is 0 Å². The fourth-order valence-electron chi connectivity index (χ4n) is 6.93. The van der Waals surface area contributed by atoms with E-state index in [2.05, 4.69) is 107 Å². The van der Waals surface area contributed by atoms with Gasteiger partial charge in [-0.05, 0) is 95.1 Å². The number of H-pyrrole nitrogens is 2. The average Bonchev–Trinajstić information content (AvgIpc) is 3.98. The predicted molar refractivity (Wildman–Crippen MR) is 209 cm³/mol. The number of nitrogen functional groups attached to an aromatic ring is 2. The molecule has 5 heterocycles. The Morgan fingerprint density at radius 3 is 0.900 bits per heavy atom. The Kier molecular flexibility index (Phi) is 6.99. The number of nitrogens with zero attached hydrogens (tertiary/aromatic N) is 2. The quantitative estimate of drug-likeness (QED) is 0.143. The average molecular weight is 645 g/mol. The van der Waals surface area contributed by atoms with Crippen molar-refractivity contribution in [3.63, 3.8) is 0 Å². The van der Waals surface area contributed by atoms with E-state index in [1.165, 1.54) is 0 Å². The summed E-state index contributed by atoms with van der Waals surface area (Å²) in [5, 5.41) is 0. The summed E-state index contributed by atoms with van der Waals surface area (Å²) in [6, 6.07) is 45.3. The van der Waals surface area contributed by atoms with Crippen molar-refractivity contribution in [3.05, 3.63) is 156 Å². The molecule has 0 aliphatic carbocycles. The topological polar surface area (TPSA) is 109 Å². The van der Waals surface area contributed by atoms with Crippen LogP contribution in [0.1, 0.15) is 22.8 Å². The van der Waals surface area contributed by atoms with Crippen molar-refractivity contribution >= 4 is 57.7 Å². The van der Waals surface area contributed by atoms with Gasteiger partial charge in [0.25, 0.3) is 0 Å². The number of anilines is 2. The van der Waals surface area contributed by atoms with Crippen molar-refractivity contribution in [1.82, 2.24) is 19.9 Å². The van der Waals surface area contributed by atoms with Crippen LogP contribution in [0.4, 0.5) is 11.4 Å². The molecule has 238 valence electrons. The van der Waals surface area contributed by atoms with E-state index in [0.29, 0.717) is 11.4 Å². The first-order chi connectivity index (χ1) is 24.6. The van der Waals surface area contributed by atoms with Crippen molar-refractivity contribution in [3.8, 4) is 44.5 Å². The maximum atomic E-state index is 6.14. The lowest BCUT2D eigenvalue weighted by atomic mass is 10.0. The van der Waals surface area contributed by atoms with Crippen LogP contribution in [0, 0.1) is 0 Å². The van der Waals surface area contributed by atoms with Crippen LogP contribution in [-0.2, 0) is 0 Å². The summed E-state index contributed by atoms with van der Waals surface area (Å²) in [6.07, 6.45) is 8.41. The van der Waals surface area contributed by atoms with E-state index >= 15 is 0 Å². The van der Waals surface area contributed by atoms with E-state index in [0.717, 1.165) is 89.4 Å². The summed E-state index contributed by atoms with van der Waals surface area (Å²) in [5.74, 6) is 0. The van der Waals surface area contributed by atoms with E-state index < -0.39 is 0 Å². The summed E-state index contributed by atoms with van der Waals surface area (Å²) in [7, 11) is 0. The monoisotopic (exact) mass is 644 g/mol. The van der Waals surface area contributed by atoms with Gasteiger partial charge < -0.3 is 21.4 Å². The molecule has 0 amide bonds. The fourth-order valence-corrected chi connectivity index (χ4v) is 6.93. The van der Waals surface area contributed by atoms with Crippen LogP contribution in [0.15, 0.2) is 133 Å². The van der Waals surface area contributed by atoms with Gasteiger partial charge in [-0.15, -0.1) is 0 Å². The molecule has 0 radical (unpaired) electrons. The Morgan fingerprint density at radius 1 is 0.320 bits per heavy atom. The van der Waals surface area contributed by atoms with Crippen molar-refractivity contribution < 1.29 is 0 Å². The van der Waals surface area contributed by atoms with Crippen LogP contribution in [0.3, 0.4) is 0 Å². The third-order valence-corrected chi connectivity index (χ3v) is 9.28. The lowest BCUT2D eigenvalue weighted by molar-refractivity contribution is 1.31. The van der Waals surface area contributed by atoms with Gasteiger partial charge in [-0.3, -0.25) is 0 Å².